The fraction of sp³-hybridized carbons (Fsp3) is 0.381. The Morgan fingerprint density at radius 1 is 1.33 bits per heavy atom. The zero-order valence-corrected chi connectivity index (χ0v) is 16.4. The molecule has 3 rings (SSSR count). The summed E-state index contributed by atoms with van der Waals surface area (Å²) >= 11 is 6.10. The number of phenolic OH excluding ortho intramolecular Hbond substituents is 1. The van der Waals surface area contributed by atoms with Crippen LogP contribution in [0.15, 0.2) is 36.4 Å². The van der Waals surface area contributed by atoms with Gasteiger partial charge in [0.1, 0.15) is 6.61 Å². The van der Waals surface area contributed by atoms with Crippen molar-refractivity contribution in [2.45, 2.75) is 32.9 Å². The largest absolute Gasteiger partial charge is 0.504 e. The predicted molar refractivity (Wildman–Crippen MR) is 107 cm³/mol. The molecule has 144 valence electrons. The van der Waals surface area contributed by atoms with Gasteiger partial charge < -0.3 is 15.2 Å². The molecule has 1 heterocycles. The molecule has 0 spiro atoms. The van der Waals surface area contributed by atoms with Crippen molar-refractivity contribution in [1.82, 2.24) is 10.2 Å². The van der Waals surface area contributed by atoms with Crippen LogP contribution in [0, 0.1) is 0 Å². The molecule has 0 fully saturated rings. The smallest absolute Gasteiger partial charge is 0.234 e. The molecule has 5 nitrogen and oxygen atoms in total. The molecule has 2 aromatic rings. The average molecular weight is 389 g/mol. The Hall–Kier alpha value is -2.24. The molecule has 27 heavy (non-hydrogen) atoms. The van der Waals surface area contributed by atoms with Crippen molar-refractivity contribution in [2.24, 2.45) is 0 Å². The minimum atomic E-state index is 0.00279. The van der Waals surface area contributed by atoms with Crippen LogP contribution in [0.2, 0.25) is 5.02 Å². The molecule has 0 bridgehead atoms. The molecular weight excluding hydrogens is 364 g/mol. The molecule has 1 aliphatic heterocycles. The molecule has 1 unspecified atom stereocenters. The lowest BCUT2D eigenvalue weighted by atomic mass is 10.0. The second-order valence-electron chi connectivity index (χ2n) is 6.93. The molecule has 2 N–H and O–H groups in total. The van der Waals surface area contributed by atoms with Crippen molar-refractivity contribution in [3.8, 4) is 22.6 Å². The first-order valence-electron chi connectivity index (χ1n) is 9.22. The fourth-order valence-electron chi connectivity index (χ4n) is 3.15. The van der Waals surface area contributed by atoms with Crippen molar-refractivity contribution in [3.05, 3.63) is 47.0 Å². The number of benzene rings is 2. The molecule has 0 saturated carbocycles. The minimum Gasteiger partial charge on any atom is -0.504 e. The van der Waals surface area contributed by atoms with Crippen LogP contribution in [0.5, 0.6) is 11.5 Å². The number of fused-ring (bicyclic) bond motifs is 1. The summed E-state index contributed by atoms with van der Waals surface area (Å²) in [6, 6.07) is 11.3. The third kappa shape index (κ3) is 4.93. The maximum atomic E-state index is 12.2. The number of hydrogen-bond acceptors (Lipinski definition) is 4. The Morgan fingerprint density at radius 3 is 2.89 bits per heavy atom. The second-order valence-corrected chi connectivity index (χ2v) is 7.37. The van der Waals surface area contributed by atoms with E-state index in [-0.39, 0.29) is 17.7 Å². The number of amides is 1. The minimum absolute atomic E-state index is 0.00279. The highest BCUT2D eigenvalue weighted by Gasteiger charge is 2.21. The highest BCUT2D eigenvalue weighted by atomic mass is 35.5. The lowest BCUT2D eigenvalue weighted by molar-refractivity contribution is -0.123. The van der Waals surface area contributed by atoms with Crippen LogP contribution in [0.25, 0.3) is 11.1 Å². The summed E-state index contributed by atoms with van der Waals surface area (Å²) in [5.74, 6) is 0.599. The van der Waals surface area contributed by atoms with Gasteiger partial charge in [-0.25, -0.2) is 0 Å². The van der Waals surface area contributed by atoms with Gasteiger partial charge in [-0.1, -0.05) is 30.7 Å². The first-order valence-corrected chi connectivity index (χ1v) is 9.60. The zero-order chi connectivity index (χ0) is 19.4. The van der Waals surface area contributed by atoms with Gasteiger partial charge in [-0.05, 0) is 48.7 Å². The van der Waals surface area contributed by atoms with Crippen LogP contribution in [0.4, 0.5) is 0 Å². The van der Waals surface area contributed by atoms with Gasteiger partial charge in [0.2, 0.25) is 5.91 Å². The Labute approximate surface area is 164 Å². The molecular formula is C21H25ClN2O3. The van der Waals surface area contributed by atoms with E-state index in [2.05, 4.69) is 5.32 Å². The fourth-order valence-corrected chi connectivity index (χ4v) is 3.34. The number of phenols is 1. The quantitative estimate of drug-likeness (QED) is 0.817. The van der Waals surface area contributed by atoms with Crippen LogP contribution >= 0.6 is 11.6 Å². The monoisotopic (exact) mass is 388 g/mol. The number of ether oxygens (including phenoxy) is 1. The summed E-state index contributed by atoms with van der Waals surface area (Å²) in [4.78, 5) is 14.3. The summed E-state index contributed by atoms with van der Waals surface area (Å²) in [5, 5.41) is 14.1. The normalized spacial score (nSPS) is 15.4. The Balaban J connectivity index is 1.82. The molecule has 1 aliphatic rings. The average Bonchev–Trinajstić information content (AvgIpc) is 2.83. The van der Waals surface area contributed by atoms with Gasteiger partial charge in [0.05, 0.1) is 6.54 Å². The summed E-state index contributed by atoms with van der Waals surface area (Å²) in [6.07, 6.45) is 0.897. The topological polar surface area (TPSA) is 61.8 Å². The molecule has 0 aliphatic carbocycles. The highest BCUT2D eigenvalue weighted by Crippen LogP contribution is 2.38. The van der Waals surface area contributed by atoms with Gasteiger partial charge >= 0.3 is 0 Å². The predicted octanol–water partition coefficient (Wildman–Crippen LogP) is 3.82. The summed E-state index contributed by atoms with van der Waals surface area (Å²) in [5.41, 5.74) is 2.65. The van der Waals surface area contributed by atoms with Crippen molar-refractivity contribution in [3.63, 3.8) is 0 Å². The number of carbonyl (C=O) groups is 1. The van der Waals surface area contributed by atoms with Gasteiger partial charge in [0.15, 0.2) is 11.5 Å². The maximum Gasteiger partial charge on any atom is 0.234 e. The second kappa shape index (κ2) is 8.63. The number of hydrogen-bond donors (Lipinski definition) is 2. The molecule has 0 saturated heterocycles. The molecule has 1 amide bonds. The first-order chi connectivity index (χ1) is 13.0. The van der Waals surface area contributed by atoms with Crippen LogP contribution < -0.4 is 10.1 Å². The molecule has 6 heteroatoms. The Morgan fingerprint density at radius 2 is 2.15 bits per heavy atom. The van der Waals surface area contributed by atoms with E-state index in [9.17, 15) is 9.90 Å². The molecule has 1 atom stereocenters. The van der Waals surface area contributed by atoms with Crippen LogP contribution in [-0.2, 0) is 11.3 Å². The number of nitrogens with zero attached hydrogens (tertiary/aromatic N) is 1. The van der Waals surface area contributed by atoms with Crippen molar-refractivity contribution in [2.75, 3.05) is 19.7 Å². The number of carbonyl (C=O) groups excluding carboxylic acids is 1. The van der Waals surface area contributed by atoms with Crippen molar-refractivity contribution in [1.29, 1.82) is 0 Å². The van der Waals surface area contributed by atoms with E-state index >= 15 is 0 Å². The van der Waals surface area contributed by atoms with Crippen LogP contribution in [0.3, 0.4) is 0 Å². The number of nitrogens with one attached hydrogen (secondary N) is 1. The summed E-state index contributed by atoms with van der Waals surface area (Å²) in [6.45, 7) is 5.91. The van der Waals surface area contributed by atoms with Crippen molar-refractivity contribution >= 4 is 17.5 Å². The van der Waals surface area contributed by atoms with E-state index in [1.54, 1.807) is 6.07 Å². The van der Waals surface area contributed by atoms with E-state index in [0.717, 1.165) is 23.1 Å². The molecule has 0 aromatic heterocycles. The van der Waals surface area contributed by atoms with E-state index in [4.69, 9.17) is 16.3 Å². The van der Waals surface area contributed by atoms with Gasteiger partial charge in [-0.15, -0.1) is 0 Å². The standard InChI is InChI=1S/C21H25ClN2O3/c1-3-14(2)23-20(26)13-24-7-8-27-21-17(12-24)9-16(11-19(21)25)15-5-4-6-18(22)10-15/h4-6,9-11,14,25H,3,7-8,12-13H2,1-2H3,(H,23,26). The molecule has 2 aromatic carbocycles. The van der Waals surface area contributed by atoms with E-state index in [1.807, 2.05) is 49.1 Å². The first kappa shape index (κ1) is 19.5. The summed E-state index contributed by atoms with van der Waals surface area (Å²) < 4.78 is 5.76. The van der Waals surface area contributed by atoms with Crippen LogP contribution in [0.1, 0.15) is 25.8 Å². The Bertz CT molecular complexity index is 825. The number of rotatable bonds is 5. The zero-order valence-electron chi connectivity index (χ0n) is 15.7. The lowest BCUT2D eigenvalue weighted by Gasteiger charge is -2.20. The maximum absolute atomic E-state index is 12.2. The lowest BCUT2D eigenvalue weighted by Crippen LogP contribution is -2.41. The van der Waals surface area contributed by atoms with E-state index < -0.39 is 0 Å². The van der Waals surface area contributed by atoms with E-state index in [1.165, 1.54) is 0 Å². The Kier molecular flexibility index (Phi) is 6.24. The SMILES string of the molecule is CCC(C)NC(=O)CN1CCOc2c(O)cc(-c3cccc(Cl)c3)cc2C1. The van der Waals surface area contributed by atoms with Gasteiger partial charge in [-0.3, -0.25) is 9.69 Å². The van der Waals surface area contributed by atoms with Crippen LogP contribution in [-0.4, -0.2) is 41.7 Å². The third-order valence-electron chi connectivity index (χ3n) is 4.74. The van der Waals surface area contributed by atoms with Gasteiger partial charge in [0, 0.05) is 29.7 Å². The van der Waals surface area contributed by atoms with Gasteiger partial charge in [-0.2, -0.15) is 0 Å². The summed E-state index contributed by atoms with van der Waals surface area (Å²) in [7, 11) is 0. The number of aromatic hydroxyl groups is 1. The third-order valence-corrected chi connectivity index (χ3v) is 4.97. The number of halogens is 1. The molecule has 0 radical (unpaired) electrons. The van der Waals surface area contributed by atoms with E-state index in [0.29, 0.717) is 37.0 Å². The van der Waals surface area contributed by atoms with Crippen molar-refractivity contribution < 1.29 is 14.6 Å². The van der Waals surface area contributed by atoms with Gasteiger partial charge in [0.25, 0.3) is 0 Å². The highest BCUT2D eigenvalue weighted by molar-refractivity contribution is 6.30.